The summed E-state index contributed by atoms with van der Waals surface area (Å²) in [6.07, 6.45) is 5.63. The Kier molecular flexibility index (Phi) is 5.57. The SMILES string of the molecule is CCCCc1nc(C2CC2)[nH]c(=O)c1Cc1ccc(-c2ccccc2)c(C#N)c1. The fraction of sp³-hybridized carbons (Fsp3) is 0.320. The zero-order valence-corrected chi connectivity index (χ0v) is 16.7. The fourth-order valence-corrected chi connectivity index (χ4v) is 3.71. The number of aromatic amines is 1. The number of hydrogen-bond acceptors (Lipinski definition) is 3. The van der Waals surface area contributed by atoms with Gasteiger partial charge in [0.25, 0.3) is 5.56 Å². The second-order valence-corrected chi connectivity index (χ2v) is 7.79. The lowest BCUT2D eigenvalue weighted by Crippen LogP contribution is -2.20. The average Bonchev–Trinajstić information content (AvgIpc) is 3.60. The molecule has 4 nitrogen and oxygen atoms in total. The number of rotatable bonds is 7. The van der Waals surface area contributed by atoms with Crippen molar-refractivity contribution in [3.05, 3.63) is 87.1 Å². The van der Waals surface area contributed by atoms with Crippen molar-refractivity contribution in [2.75, 3.05) is 0 Å². The third-order valence-electron chi connectivity index (χ3n) is 5.52. The first-order valence-corrected chi connectivity index (χ1v) is 10.4. The molecule has 2 aromatic carbocycles. The Morgan fingerprint density at radius 1 is 1.17 bits per heavy atom. The van der Waals surface area contributed by atoms with Gasteiger partial charge in [0.1, 0.15) is 5.82 Å². The molecule has 1 aliphatic rings. The summed E-state index contributed by atoms with van der Waals surface area (Å²) >= 11 is 0. The van der Waals surface area contributed by atoms with Crippen molar-refractivity contribution in [1.82, 2.24) is 9.97 Å². The van der Waals surface area contributed by atoms with E-state index < -0.39 is 0 Å². The number of unbranched alkanes of at least 4 members (excludes halogenated alkanes) is 1. The van der Waals surface area contributed by atoms with E-state index in [-0.39, 0.29) is 5.56 Å². The molecule has 0 amide bonds. The summed E-state index contributed by atoms with van der Waals surface area (Å²) < 4.78 is 0. The molecule has 1 aliphatic carbocycles. The van der Waals surface area contributed by atoms with Crippen LogP contribution in [0.5, 0.6) is 0 Å². The predicted octanol–water partition coefficient (Wildman–Crippen LogP) is 5.12. The number of nitrogens with one attached hydrogen (secondary N) is 1. The van der Waals surface area contributed by atoms with Crippen molar-refractivity contribution in [1.29, 1.82) is 5.26 Å². The molecule has 4 heteroatoms. The first-order valence-electron chi connectivity index (χ1n) is 10.4. The number of aromatic nitrogens is 2. The molecule has 1 N–H and O–H groups in total. The molecular formula is C25H25N3O. The molecule has 0 bridgehead atoms. The van der Waals surface area contributed by atoms with Crippen molar-refractivity contribution < 1.29 is 0 Å². The lowest BCUT2D eigenvalue weighted by Gasteiger charge is -2.11. The average molecular weight is 383 g/mol. The molecule has 0 spiro atoms. The van der Waals surface area contributed by atoms with Crippen LogP contribution in [0.4, 0.5) is 0 Å². The maximum absolute atomic E-state index is 12.8. The van der Waals surface area contributed by atoms with Gasteiger partial charge >= 0.3 is 0 Å². The number of nitriles is 1. The van der Waals surface area contributed by atoms with E-state index in [1.54, 1.807) is 0 Å². The van der Waals surface area contributed by atoms with Gasteiger partial charge in [-0.3, -0.25) is 4.79 Å². The Hall–Kier alpha value is -3.19. The minimum Gasteiger partial charge on any atom is -0.310 e. The van der Waals surface area contributed by atoms with Gasteiger partial charge in [0, 0.05) is 17.9 Å². The second-order valence-electron chi connectivity index (χ2n) is 7.79. The molecule has 1 saturated carbocycles. The Bertz CT molecular complexity index is 1110. The maximum Gasteiger partial charge on any atom is 0.254 e. The minimum absolute atomic E-state index is 0.0290. The van der Waals surface area contributed by atoms with Crippen LogP contribution in [0.1, 0.15) is 66.7 Å². The number of hydrogen-bond donors (Lipinski definition) is 1. The van der Waals surface area contributed by atoms with Crippen LogP contribution in [0, 0.1) is 11.3 Å². The molecule has 0 atom stereocenters. The van der Waals surface area contributed by atoms with Crippen molar-refractivity contribution in [2.45, 2.75) is 51.4 Å². The highest BCUT2D eigenvalue weighted by molar-refractivity contribution is 5.71. The number of H-pyrrole nitrogens is 1. The third kappa shape index (κ3) is 4.30. The van der Waals surface area contributed by atoms with E-state index in [0.717, 1.165) is 65.9 Å². The first-order chi connectivity index (χ1) is 14.2. The summed E-state index contributed by atoms with van der Waals surface area (Å²) in [5.41, 5.74) is 5.15. The van der Waals surface area contributed by atoms with E-state index in [4.69, 9.17) is 4.98 Å². The van der Waals surface area contributed by atoms with Crippen LogP contribution in [-0.2, 0) is 12.8 Å². The lowest BCUT2D eigenvalue weighted by molar-refractivity contribution is 0.742. The summed E-state index contributed by atoms with van der Waals surface area (Å²) in [6, 6.07) is 18.1. The maximum atomic E-state index is 12.8. The lowest BCUT2D eigenvalue weighted by atomic mass is 9.95. The topological polar surface area (TPSA) is 69.5 Å². The molecule has 4 rings (SSSR count). The van der Waals surface area contributed by atoms with Gasteiger partial charge in [-0.1, -0.05) is 55.8 Å². The molecule has 1 fully saturated rings. The molecule has 146 valence electrons. The van der Waals surface area contributed by atoms with Gasteiger partial charge in [-0.25, -0.2) is 4.98 Å². The van der Waals surface area contributed by atoms with E-state index in [2.05, 4.69) is 18.0 Å². The molecule has 0 radical (unpaired) electrons. The Labute approximate surface area is 171 Å². The van der Waals surface area contributed by atoms with Crippen molar-refractivity contribution in [3.8, 4) is 17.2 Å². The number of nitrogens with zero attached hydrogens (tertiary/aromatic N) is 2. The molecule has 0 aliphatic heterocycles. The van der Waals surface area contributed by atoms with Crippen LogP contribution in [-0.4, -0.2) is 9.97 Å². The summed E-state index contributed by atoms with van der Waals surface area (Å²) in [5, 5.41) is 9.67. The highest BCUT2D eigenvalue weighted by Gasteiger charge is 2.27. The Morgan fingerprint density at radius 3 is 2.66 bits per heavy atom. The molecular weight excluding hydrogens is 358 g/mol. The Balaban J connectivity index is 1.68. The van der Waals surface area contributed by atoms with Gasteiger partial charge in [-0.15, -0.1) is 0 Å². The van der Waals surface area contributed by atoms with Crippen LogP contribution in [0.15, 0.2) is 53.3 Å². The smallest absolute Gasteiger partial charge is 0.254 e. The van der Waals surface area contributed by atoms with E-state index >= 15 is 0 Å². The summed E-state index contributed by atoms with van der Waals surface area (Å²) in [6.45, 7) is 2.15. The molecule has 1 aromatic heterocycles. The molecule has 3 aromatic rings. The first kappa shape index (κ1) is 19.1. The normalized spacial score (nSPS) is 13.2. The van der Waals surface area contributed by atoms with Gasteiger partial charge in [0.2, 0.25) is 0 Å². The molecule has 1 heterocycles. The van der Waals surface area contributed by atoms with E-state index in [0.29, 0.717) is 17.9 Å². The summed E-state index contributed by atoms with van der Waals surface area (Å²) in [5.74, 6) is 1.27. The van der Waals surface area contributed by atoms with Gasteiger partial charge in [0.05, 0.1) is 17.3 Å². The molecule has 0 saturated heterocycles. The molecule has 0 unspecified atom stereocenters. The highest BCUT2D eigenvalue weighted by Crippen LogP contribution is 2.37. The van der Waals surface area contributed by atoms with Gasteiger partial charge < -0.3 is 4.98 Å². The fourth-order valence-electron chi connectivity index (χ4n) is 3.71. The van der Waals surface area contributed by atoms with Crippen molar-refractivity contribution >= 4 is 0 Å². The summed E-state index contributed by atoms with van der Waals surface area (Å²) in [7, 11) is 0. The van der Waals surface area contributed by atoms with Crippen molar-refractivity contribution in [2.24, 2.45) is 0 Å². The zero-order valence-electron chi connectivity index (χ0n) is 16.7. The zero-order chi connectivity index (χ0) is 20.2. The quantitative estimate of drug-likeness (QED) is 0.616. The third-order valence-corrected chi connectivity index (χ3v) is 5.52. The van der Waals surface area contributed by atoms with Crippen molar-refractivity contribution in [3.63, 3.8) is 0 Å². The van der Waals surface area contributed by atoms with Crippen LogP contribution >= 0.6 is 0 Å². The number of aryl methyl sites for hydroxylation is 1. The standard InChI is InChI=1S/C25H25N3O/c1-2-3-9-23-22(25(29)28-24(27-23)19-11-12-19)15-17-10-13-21(20(14-17)16-26)18-7-5-4-6-8-18/h4-8,10,13-14,19H,2-3,9,11-12,15H2,1H3,(H,27,28,29). The van der Waals surface area contributed by atoms with Gasteiger partial charge in [-0.2, -0.15) is 5.26 Å². The van der Waals surface area contributed by atoms with Crippen LogP contribution in [0.3, 0.4) is 0 Å². The minimum atomic E-state index is -0.0290. The predicted molar refractivity (Wildman–Crippen MR) is 115 cm³/mol. The van der Waals surface area contributed by atoms with Crippen LogP contribution in [0.25, 0.3) is 11.1 Å². The largest absolute Gasteiger partial charge is 0.310 e. The summed E-state index contributed by atoms with van der Waals surface area (Å²) in [4.78, 5) is 20.7. The molecule has 29 heavy (non-hydrogen) atoms. The highest BCUT2D eigenvalue weighted by atomic mass is 16.1. The van der Waals surface area contributed by atoms with E-state index in [9.17, 15) is 10.1 Å². The van der Waals surface area contributed by atoms with Gasteiger partial charge in [0.15, 0.2) is 0 Å². The Morgan fingerprint density at radius 2 is 1.97 bits per heavy atom. The van der Waals surface area contributed by atoms with E-state index in [1.165, 1.54) is 0 Å². The monoisotopic (exact) mass is 383 g/mol. The van der Waals surface area contributed by atoms with Gasteiger partial charge in [-0.05, 0) is 48.4 Å². The second kappa shape index (κ2) is 8.45. The van der Waals surface area contributed by atoms with E-state index in [1.807, 2.05) is 48.5 Å². The van der Waals surface area contributed by atoms with Crippen LogP contribution < -0.4 is 5.56 Å². The number of benzene rings is 2. The van der Waals surface area contributed by atoms with Crippen LogP contribution in [0.2, 0.25) is 0 Å².